The van der Waals surface area contributed by atoms with Crippen LogP contribution in [0.1, 0.15) is 26.2 Å². The standard InChI is InChI=1S/C12H16FN3O3/c1-2-3-4-11(14)12(17)15-9-5-8(13)6-10(7-9)16(18)19/h5-7,11H,2-4,14H2,1H3,(H,15,17). The van der Waals surface area contributed by atoms with Crippen LogP contribution in [0.3, 0.4) is 0 Å². The van der Waals surface area contributed by atoms with Crippen LogP contribution in [-0.4, -0.2) is 16.9 Å². The minimum absolute atomic E-state index is 0.0312. The third kappa shape index (κ3) is 4.63. The maximum atomic E-state index is 13.2. The third-order valence-corrected chi connectivity index (χ3v) is 2.57. The molecule has 1 rings (SSSR count). The van der Waals surface area contributed by atoms with Crippen molar-refractivity contribution in [1.82, 2.24) is 0 Å². The summed E-state index contributed by atoms with van der Waals surface area (Å²) in [5, 5.41) is 12.9. The van der Waals surface area contributed by atoms with Gasteiger partial charge in [0, 0.05) is 6.07 Å². The largest absolute Gasteiger partial charge is 0.324 e. The number of nitrogens with one attached hydrogen (secondary N) is 1. The van der Waals surface area contributed by atoms with Crippen LogP contribution in [0, 0.1) is 15.9 Å². The highest BCUT2D eigenvalue weighted by atomic mass is 19.1. The Morgan fingerprint density at radius 1 is 1.53 bits per heavy atom. The molecule has 1 amide bonds. The number of halogens is 1. The summed E-state index contributed by atoms with van der Waals surface area (Å²) in [4.78, 5) is 21.5. The number of benzene rings is 1. The summed E-state index contributed by atoms with van der Waals surface area (Å²) in [6.07, 6.45) is 2.23. The first kappa shape index (κ1) is 15.0. The van der Waals surface area contributed by atoms with E-state index in [1.165, 1.54) is 0 Å². The van der Waals surface area contributed by atoms with E-state index in [9.17, 15) is 19.3 Å². The van der Waals surface area contributed by atoms with Crippen molar-refractivity contribution in [1.29, 1.82) is 0 Å². The Bertz CT molecular complexity index is 479. The molecule has 0 heterocycles. The van der Waals surface area contributed by atoms with E-state index >= 15 is 0 Å². The zero-order valence-corrected chi connectivity index (χ0v) is 10.6. The van der Waals surface area contributed by atoms with Crippen LogP contribution < -0.4 is 11.1 Å². The van der Waals surface area contributed by atoms with E-state index in [4.69, 9.17) is 5.73 Å². The zero-order valence-electron chi connectivity index (χ0n) is 10.6. The highest BCUT2D eigenvalue weighted by molar-refractivity contribution is 5.94. The fourth-order valence-electron chi connectivity index (χ4n) is 1.54. The van der Waals surface area contributed by atoms with Gasteiger partial charge in [-0.05, 0) is 12.5 Å². The Morgan fingerprint density at radius 3 is 2.79 bits per heavy atom. The molecule has 0 radical (unpaired) electrons. The fraction of sp³-hybridized carbons (Fsp3) is 0.417. The van der Waals surface area contributed by atoms with Gasteiger partial charge in [-0.25, -0.2) is 4.39 Å². The molecule has 0 saturated heterocycles. The van der Waals surface area contributed by atoms with E-state index in [0.717, 1.165) is 31.0 Å². The maximum absolute atomic E-state index is 13.2. The highest BCUT2D eigenvalue weighted by Crippen LogP contribution is 2.20. The molecule has 6 nitrogen and oxygen atoms in total. The van der Waals surface area contributed by atoms with Crippen molar-refractivity contribution in [2.24, 2.45) is 5.73 Å². The average Bonchev–Trinajstić information content (AvgIpc) is 2.34. The van der Waals surface area contributed by atoms with E-state index in [2.05, 4.69) is 5.32 Å². The maximum Gasteiger partial charge on any atom is 0.274 e. The van der Waals surface area contributed by atoms with Crippen LogP contribution in [0.2, 0.25) is 0 Å². The van der Waals surface area contributed by atoms with E-state index in [0.29, 0.717) is 6.42 Å². The first-order valence-electron chi connectivity index (χ1n) is 5.95. The number of nitrogens with two attached hydrogens (primary N) is 1. The summed E-state index contributed by atoms with van der Waals surface area (Å²) in [6, 6.07) is 2.18. The molecular weight excluding hydrogens is 253 g/mol. The van der Waals surface area contributed by atoms with Crippen molar-refractivity contribution < 1.29 is 14.1 Å². The van der Waals surface area contributed by atoms with Crippen molar-refractivity contribution in [3.63, 3.8) is 0 Å². The number of anilines is 1. The molecule has 1 aromatic carbocycles. The number of hydrogen-bond donors (Lipinski definition) is 2. The highest BCUT2D eigenvalue weighted by Gasteiger charge is 2.15. The van der Waals surface area contributed by atoms with Crippen LogP contribution in [0.5, 0.6) is 0 Å². The topological polar surface area (TPSA) is 98.3 Å². The molecule has 1 atom stereocenters. The molecule has 19 heavy (non-hydrogen) atoms. The normalized spacial score (nSPS) is 11.9. The lowest BCUT2D eigenvalue weighted by atomic mass is 10.1. The van der Waals surface area contributed by atoms with Crippen molar-refractivity contribution >= 4 is 17.3 Å². The molecule has 0 bridgehead atoms. The number of non-ortho nitro benzene ring substituents is 1. The Hall–Kier alpha value is -2.02. The lowest BCUT2D eigenvalue weighted by Crippen LogP contribution is -2.35. The van der Waals surface area contributed by atoms with Crippen molar-refractivity contribution in [3.05, 3.63) is 34.1 Å². The molecule has 0 spiro atoms. The van der Waals surface area contributed by atoms with E-state index in [-0.39, 0.29) is 5.69 Å². The fourth-order valence-corrected chi connectivity index (χ4v) is 1.54. The summed E-state index contributed by atoms with van der Waals surface area (Å²) in [7, 11) is 0. The molecule has 0 aliphatic heterocycles. The van der Waals surface area contributed by atoms with Gasteiger partial charge < -0.3 is 11.1 Å². The predicted octanol–water partition coefficient (Wildman–Crippen LogP) is 2.19. The number of nitrogens with zero attached hydrogens (tertiary/aromatic N) is 1. The molecule has 0 saturated carbocycles. The van der Waals surface area contributed by atoms with Gasteiger partial charge in [0.1, 0.15) is 5.82 Å². The monoisotopic (exact) mass is 269 g/mol. The molecule has 0 fully saturated rings. The summed E-state index contributed by atoms with van der Waals surface area (Å²) in [5.41, 5.74) is 5.26. The molecule has 1 unspecified atom stereocenters. The molecule has 0 aliphatic rings. The van der Waals surface area contributed by atoms with Crippen LogP contribution in [-0.2, 0) is 4.79 Å². The molecule has 0 aromatic heterocycles. The first-order chi connectivity index (χ1) is 8.93. The number of unbranched alkanes of at least 4 members (excludes halogenated alkanes) is 1. The minimum atomic E-state index is -0.786. The second-order valence-electron chi connectivity index (χ2n) is 4.19. The van der Waals surface area contributed by atoms with Gasteiger partial charge in [0.2, 0.25) is 5.91 Å². The van der Waals surface area contributed by atoms with Gasteiger partial charge in [-0.2, -0.15) is 0 Å². The second-order valence-corrected chi connectivity index (χ2v) is 4.19. The Labute approximate surface area is 109 Å². The number of nitro benzene ring substituents is 1. The van der Waals surface area contributed by atoms with Crippen LogP contribution >= 0.6 is 0 Å². The SMILES string of the molecule is CCCCC(N)C(=O)Nc1cc(F)cc([N+](=O)[O-])c1. The van der Waals surface area contributed by atoms with E-state index in [1.807, 2.05) is 6.92 Å². The molecule has 0 aliphatic carbocycles. The predicted molar refractivity (Wildman–Crippen MR) is 69.2 cm³/mol. The van der Waals surface area contributed by atoms with Crippen LogP contribution in [0.4, 0.5) is 15.8 Å². The summed E-state index contributed by atoms with van der Waals surface area (Å²) in [6.45, 7) is 1.97. The lowest BCUT2D eigenvalue weighted by molar-refractivity contribution is -0.385. The number of carbonyl (C=O) groups excluding carboxylic acids is 1. The Kier molecular flexibility index (Phi) is 5.37. The minimum Gasteiger partial charge on any atom is -0.324 e. The van der Waals surface area contributed by atoms with Gasteiger partial charge >= 0.3 is 0 Å². The zero-order chi connectivity index (χ0) is 14.4. The summed E-state index contributed by atoms with van der Waals surface area (Å²) >= 11 is 0. The van der Waals surface area contributed by atoms with Gasteiger partial charge in [-0.3, -0.25) is 14.9 Å². The number of rotatable bonds is 6. The van der Waals surface area contributed by atoms with Crippen molar-refractivity contribution in [3.8, 4) is 0 Å². The summed E-state index contributed by atoms with van der Waals surface area (Å²) in [5.74, 6) is -1.26. The van der Waals surface area contributed by atoms with Gasteiger partial charge in [-0.15, -0.1) is 0 Å². The number of carbonyl (C=O) groups is 1. The van der Waals surface area contributed by atoms with E-state index in [1.54, 1.807) is 0 Å². The third-order valence-electron chi connectivity index (χ3n) is 2.57. The first-order valence-corrected chi connectivity index (χ1v) is 5.95. The molecule has 1 aromatic rings. The van der Waals surface area contributed by atoms with Crippen LogP contribution in [0.15, 0.2) is 18.2 Å². The Balaban J connectivity index is 2.76. The smallest absolute Gasteiger partial charge is 0.274 e. The second kappa shape index (κ2) is 6.79. The van der Waals surface area contributed by atoms with Gasteiger partial charge in [0.15, 0.2) is 0 Å². The van der Waals surface area contributed by atoms with E-state index < -0.39 is 28.4 Å². The number of nitro groups is 1. The Morgan fingerprint density at radius 2 is 2.21 bits per heavy atom. The van der Waals surface area contributed by atoms with Gasteiger partial charge in [-0.1, -0.05) is 19.8 Å². The van der Waals surface area contributed by atoms with Gasteiger partial charge in [0.25, 0.3) is 5.69 Å². The summed E-state index contributed by atoms with van der Waals surface area (Å²) < 4.78 is 13.2. The number of hydrogen-bond acceptors (Lipinski definition) is 4. The molecule has 104 valence electrons. The van der Waals surface area contributed by atoms with Gasteiger partial charge in [0.05, 0.1) is 22.7 Å². The molecule has 3 N–H and O–H groups in total. The average molecular weight is 269 g/mol. The van der Waals surface area contributed by atoms with Crippen LogP contribution in [0.25, 0.3) is 0 Å². The molecular formula is C12H16FN3O3. The molecule has 7 heteroatoms. The lowest BCUT2D eigenvalue weighted by Gasteiger charge is -2.11. The van der Waals surface area contributed by atoms with Crippen molar-refractivity contribution in [2.45, 2.75) is 32.2 Å². The van der Waals surface area contributed by atoms with Crippen molar-refractivity contribution in [2.75, 3.05) is 5.32 Å². The quantitative estimate of drug-likeness (QED) is 0.610. The number of amides is 1.